The van der Waals surface area contributed by atoms with Gasteiger partial charge in [-0.2, -0.15) is 0 Å². The van der Waals surface area contributed by atoms with E-state index in [1.165, 1.54) is 6.20 Å². The summed E-state index contributed by atoms with van der Waals surface area (Å²) >= 11 is 0. The molecule has 30 heavy (non-hydrogen) atoms. The molecule has 4 heterocycles. The van der Waals surface area contributed by atoms with Gasteiger partial charge in [0.2, 0.25) is 5.88 Å². The molecule has 2 aliphatic rings. The molecule has 0 bridgehead atoms. The van der Waals surface area contributed by atoms with Crippen LogP contribution in [-0.2, 0) is 0 Å². The number of aromatic nitrogens is 2. The minimum Gasteiger partial charge on any atom is -0.474 e. The van der Waals surface area contributed by atoms with Crippen LogP contribution < -0.4 is 21.1 Å². The quantitative estimate of drug-likeness (QED) is 0.562. The van der Waals surface area contributed by atoms with Crippen LogP contribution in [0.1, 0.15) is 12.0 Å². The van der Waals surface area contributed by atoms with Crippen LogP contribution in [0.4, 0.5) is 26.4 Å². The number of amides is 2. The van der Waals surface area contributed by atoms with Gasteiger partial charge in [-0.15, -0.1) is 0 Å². The van der Waals surface area contributed by atoms with Crippen LogP contribution in [0.2, 0.25) is 0 Å². The Morgan fingerprint density at radius 1 is 1.27 bits per heavy atom. The molecule has 2 amide bonds. The maximum absolute atomic E-state index is 15.2. The zero-order valence-corrected chi connectivity index (χ0v) is 16.5. The third-order valence-electron chi connectivity index (χ3n) is 5.61. The Kier molecular flexibility index (Phi) is 4.30. The van der Waals surface area contributed by atoms with Crippen LogP contribution in [0.15, 0.2) is 24.5 Å². The van der Waals surface area contributed by atoms with E-state index < -0.39 is 5.82 Å². The van der Waals surface area contributed by atoms with Gasteiger partial charge in [-0.05, 0) is 36.4 Å². The first-order valence-electron chi connectivity index (χ1n) is 9.83. The average molecular weight is 408 g/mol. The van der Waals surface area contributed by atoms with E-state index in [4.69, 9.17) is 10.5 Å². The predicted octanol–water partition coefficient (Wildman–Crippen LogP) is 3.37. The Labute approximate surface area is 172 Å². The number of likely N-dealkylation sites (tertiary alicyclic amines) is 1. The SMILES string of the molecule is Cc1c(-c2cc3cc(NC(=O)N4CCC4)ncc3c(N)c2F)cnc2c1NCCO2. The molecular weight excluding hydrogens is 387 g/mol. The lowest BCUT2D eigenvalue weighted by Crippen LogP contribution is -2.44. The summed E-state index contributed by atoms with van der Waals surface area (Å²) in [6.07, 6.45) is 4.08. The average Bonchev–Trinajstić information content (AvgIpc) is 2.70. The monoisotopic (exact) mass is 408 g/mol. The van der Waals surface area contributed by atoms with Crippen molar-refractivity contribution in [1.82, 2.24) is 14.9 Å². The Morgan fingerprint density at radius 2 is 2.10 bits per heavy atom. The number of nitrogens with two attached hydrogens (primary N) is 1. The van der Waals surface area contributed by atoms with Crippen LogP contribution >= 0.6 is 0 Å². The number of rotatable bonds is 2. The van der Waals surface area contributed by atoms with E-state index in [2.05, 4.69) is 20.6 Å². The topological polar surface area (TPSA) is 105 Å². The smallest absolute Gasteiger partial charge is 0.323 e. The molecule has 1 fully saturated rings. The van der Waals surface area contributed by atoms with Crippen molar-refractivity contribution in [3.05, 3.63) is 35.9 Å². The molecule has 9 heteroatoms. The van der Waals surface area contributed by atoms with Crippen molar-refractivity contribution in [3.63, 3.8) is 0 Å². The molecule has 8 nitrogen and oxygen atoms in total. The van der Waals surface area contributed by atoms with E-state index >= 15 is 4.39 Å². The highest BCUT2D eigenvalue weighted by Crippen LogP contribution is 2.39. The third kappa shape index (κ3) is 2.94. The number of pyridine rings is 2. The summed E-state index contributed by atoms with van der Waals surface area (Å²) < 4.78 is 20.8. The largest absolute Gasteiger partial charge is 0.474 e. The molecule has 4 N–H and O–H groups in total. The van der Waals surface area contributed by atoms with E-state index in [-0.39, 0.29) is 11.7 Å². The number of benzene rings is 1. The van der Waals surface area contributed by atoms with E-state index in [1.54, 1.807) is 23.2 Å². The number of hydrogen-bond donors (Lipinski definition) is 3. The van der Waals surface area contributed by atoms with Gasteiger partial charge in [-0.1, -0.05) is 0 Å². The van der Waals surface area contributed by atoms with Gasteiger partial charge in [-0.25, -0.2) is 19.2 Å². The fourth-order valence-electron chi connectivity index (χ4n) is 3.76. The Hall–Kier alpha value is -3.62. The number of carbonyl (C=O) groups excluding carboxylic acids is 1. The second kappa shape index (κ2) is 7.01. The second-order valence-electron chi connectivity index (χ2n) is 7.47. The number of anilines is 3. The maximum Gasteiger partial charge on any atom is 0.323 e. The van der Waals surface area contributed by atoms with Crippen molar-refractivity contribution in [1.29, 1.82) is 0 Å². The molecule has 1 aromatic carbocycles. The second-order valence-corrected chi connectivity index (χ2v) is 7.47. The van der Waals surface area contributed by atoms with Crippen LogP contribution in [0.25, 0.3) is 21.9 Å². The number of carbonyl (C=O) groups is 1. The molecule has 0 saturated carbocycles. The third-order valence-corrected chi connectivity index (χ3v) is 5.61. The van der Waals surface area contributed by atoms with Gasteiger partial charge in [0.05, 0.1) is 5.69 Å². The van der Waals surface area contributed by atoms with Crippen molar-refractivity contribution in [2.75, 3.05) is 42.6 Å². The van der Waals surface area contributed by atoms with E-state index in [1.807, 2.05) is 6.92 Å². The van der Waals surface area contributed by atoms with Crippen molar-refractivity contribution in [2.45, 2.75) is 13.3 Å². The Morgan fingerprint density at radius 3 is 2.87 bits per heavy atom. The minimum absolute atomic E-state index is 0.0111. The lowest BCUT2D eigenvalue weighted by atomic mass is 9.97. The first-order valence-corrected chi connectivity index (χ1v) is 9.83. The summed E-state index contributed by atoms with van der Waals surface area (Å²) in [7, 11) is 0. The highest BCUT2D eigenvalue weighted by Gasteiger charge is 2.22. The molecule has 154 valence electrons. The summed E-state index contributed by atoms with van der Waals surface area (Å²) in [5.41, 5.74) is 8.67. The molecule has 0 unspecified atom stereocenters. The number of hydrogen-bond acceptors (Lipinski definition) is 6. The van der Waals surface area contributed by atoms with E-state index in [0.717, 1.165) is 30.8 Å². The molecule has 5 rings (SSSR count). The minimum atomic E-state index is -0.525. The van der Waals surface area contributed by atoms with Crippen molar-refractivity contribution >= 4 is 34.0 Å². The van der Waals surface area contributed by atoms with E-state index in [9.17, 15) is 4.79 Å². The molecule has 0 spiro atoms. The summed E-state index contributed by atoms with van der Waals surface area (Å²) in [5, 5.41) is 7.21. The van der Waals surface area contributed by atoms with Gasteiger partial charge in [0.25, 0.3) is 0 Å². The van der Waals surface area contributed by atoms with Crippen molar-refractivity contribution in [3.8, 4) is 17.0 Å². The van der Waals surface area contributed by atoms with Gasteiger partial charge in [0.1, 0.15) is 18.1 Å². The zero-order chi connectivity index (χ0) is 20.8. The summed E-state index contributed by atoms with van der Waals surface area (Å²) in [5.74, 6) is 0.381. The van der Waals surface area contributed by atoms with Crippen molar-refractivity contribution in [2.24, 2.45) is 0 Å². The number of nitrogens with zero attached hydrogens (tertiary/aromatic N) is 3. The number of fused-ring (bicyclic) bond motifs is 2. The fourth-order valence-corrected chi connectivity index (χ4v) is 3.76. The number of urea groups is 1. The normalized spacial score (nSPS) is 15.1. The number of halogens is 1. The van der Waals surface area contributed by atoms with Crippen LogP contribution in [0, 0.1) is 12.7 Å². The maximum atomic E-state index is 15.2. The molecule has 1 saturated heterocycles. The molecule has 2 aliphatic heterocycles. The lowest BCUT2D eigenvalue weighted by Gasteiger charge is -2.30. The predicted molar refractivity (Wildman–Crippen MR) is 113 cm³/mol. The number of ether oxygens (including phenoxy) is 1. The van der Waals surface area contributed by atoms with Gasteiger partial charge in [0, 0.05) is 48.5 Å². The van der Waals surface area contributed by atoms with Gasteiger partial charge < -0.3 is 20.7 Å². The first-order chi connectivity index (χ1) is 14.5. The van der Waals surface area contributed by atoms with Crippen molar-refractivity contribution < 1.29 is 13.9 Å². The van der Waals surface area contributed by atoms with Gasteiger partial charge >= 0.3 is 6.03 Å². The summed E-state index contributed by atoms with van der Waals surface area (Å²) in [4.78, 5) is 22.4. The fraction of sp³-hybridized carbons (Fsp3) is 0.286. The first kappa shape index (κ1) is 18.4. The van der Waals surface area contributed by atoms with Crippen LogP contribution in [0.3, 0.4) is 0 Å². The lowest BCUT2D eigenvalue weighted by molar-refractivity contribution is 0.181. The number of nitrogen functional groups attached to an aromatic ring is 1. The Bertz CT molecular complexity index is 1180. The standard InChI is InChI=1S/C21H21FN6O2/c1-11-14(9-26-20-19(11)24-3-6-30-20)13-7-12-8-16(27-21(29)28-4-2-5-28)25-10-15(12)18(23)17(13)22/h7-10,24H,2-6,23H2,1H3,(H,25,27,29). The zero-order valence-electron chi connectivity index (χ0n) is 16.5. The highest BCUT2D eigenvalue weighted by atomic mass is 19.1. The highest BCUT2D eigenvalue weighted by molar-refractivity contribution is 6.00. The number of nitrogens with one attached hydrogen (secondary N) is 2. The molecule has 0 atom stereocenters. The van der Waals surface area contributed by atoms with Gasteiger partial charge in [0.15, 0.2) is 5.82 Å². The van der Waals surface area contributed by atoms with Crippen LogP contribution in [0.5, 0.6) is 5.88 Å². The summed E-state index contributed by atoms with van der Waals surface area (Å²) in [6, 6.07) is 3.22. The summed E-state index contributed by atoms with van der Waals surface area (Å²) in [6.45, 7) is 4.57. The Balaban J connectivity index is 1.58. The van der Waals surface area contributed by atoms with E-state index in [0.29, 0.717) is 46.7 Å². The van der Waals surface area contributed by atoms with Gasteiger partial charge in [-0.3, -0.25) is 5.32 Å². The molecule has 3 aromatic rings. The molecular formula is C21H21FN6O2. The van der Waals surface area contributed by atoms with Crippen LogP contribution in [-0.4, -0.2) is 47.1 Å². The molecule has 2 aromatic heterocycles. The molecule has 0 aliphatic carbocycles. The molecule has 0 radical (unpaired) electrons.